The molecule has 2 aromatic rings. The Kier molecular flexibility index (Phi) is 3.28. The lowest BCUT2D eigenvalue weighted by Gasteiger charge is -2.09. The fraction of sp³-hybridized carbons (Fsp3) is 0.286. The zero-order valence-electron chi connectivity index (χ0n) is 9.99. The highest BCUT2D eigenvalue weighted by molar-refractivity contribution is 9.10. The Morgan fingerprint density at radius 2 is 2.17 bits per heavy atom. The summed E-state index contributed by atoms with van der Waals surface area (Å²) in [5.74, 6) is 0.998. The predicted octanol–water partition coefficient (Wildman–Crippen LogP) is 3.34. The molecule has 92 valence electrons. The van der Waals surface area contributed by atoms with Crippen LogP contribution in [-0.4, -0.2) is 9.97 Å². The number of fused-ring (bicyclic) bond motifs is 1. The SMILES string of the molecule is Brc1cccc(CNc2ncnc3c2CCC3)c1. The van der Waals surface area contributed by atoms with Gasteiger partial charge in [0.25, 0.3) is 0 Å². The minimum Gasteiger partial charge on any atom is -0.366 e. The van der Waals surface area contributed by atoms with Gasteiger partial charge in [0.2, 0.25) is 0 Å². The van der Waals surface area contributed by atoms with Gasteiger partial charge in [-0.05, 0) is 37.0 Å². The second-order valence-electron chi connectivity index (χ2n) is 4.48. The van der Waals surface area contributed by atoms with E-state index < -0.39 is 0 Å². The Labute approximate surface area is 115 Å². The maximum atomic E-state index is 4.35. The van der Waals surface area contributed by atoms with E-state index in [9.17, 15) is 0 Å². The molecule has 3 rings (SSSR count). The highest BCUT2D eigenvalue weighted by atomic mass is 79.9. The van der Waals surface area contributed by atoms with Crippen LogP contribution < -0.4 is 5.32 Å². The highest BCUT2D eigenvalue weighted by Crippen LogP contribution is 2.25. The summed E-state index contributed by atoms with van der Waals surface area (Å²) < 4.78 is 1.11. The number of aromatic nitrogens is 2. The fourth-order valence-corrected chi connectivity index (χ4v) is 2.79. The maximum Gasteiger partial charge on any atom is 0.133 e. The van der Waals surface area contributed by atoms with Crippen molar-refractivity contribution in [1.82, 2.24) is 9.97 Å². The third-order valence-electron chi connectivity index (χ3n) is 3.22. The van der Waals surface area contributed by atoms with Gasteiger partial charge in [-0.2, -0.15) is 0 Å². The molecular weight excluding hydrogens is 290 g/mol. The van der Waals surface area contributed by atoms with Crippen LogP contribution in [0.25, 0.3) is 0 Å². The van der Waals surface area contributed by atoms with Crippen molar-refractivity contribution in [1.29, 1.82) is 0 Å². The van der Waals surface area contributed by atoms with E-state index in [1.54, 1.807) is 6.33 Å². The van der Waals surface area contributed by atoms with Gasteiger partial charge >= 0.3 is 0 Å². The van der Waals surface area contributed by atoms with Crippen LogP contribution in [0.2, 0.25) is 0 Å². The lowest BCUT2D eigenvalue weighted by molar-refractivity contribution is 0.899. The number of nitrogens with one attached hydrogen (secondary N) is 1. The van der Waals surface area contributed by atoms with Crippen LogP contribution in [0.3, 0.4) is 0 Å². The van der Waals surface area contributed by atoms with E-state index >= 15 is 0 Å². The third kappa shape index (κ3) is 2.38. The molecule has 3 nitrogen and oxygen atoms in total. The van der Waals surface area contributed by atoms with Crippen molar-refractivity contribution in [3.05, 3.63) is 51.9 Å². The summed E-state index contributed by atoms with van der Waals surface area (Å²) in [6.07, 6.45) is 5.04. The molecular formula is C14H14BrN3. The number of hydrogen-bond donors (Lipinski definition) is 1. The topological polar surface area (TPSA) is 37.8 Å². The third-order valence-corrected chi connectivity index (χ3v) is 3.72. The molecule has 1 aliphatic carbocycles. The Morgan fingerprint density at radius 1 is 1.22 bits per heavy atom. The molecule has 0 fully saturated rings. The first kappa shape index (κ1) is 11.7. The molecule has 0 bridgehead atoms. The van der Waals surface area contributed by atoms with Crippen LogP contribution in [0.1, 0.15) is 23.2 Å². The van der Waals surface area contributed by atoms with Gasteiger partial charge in [0, 0.05) is 22.3 Å². The van der Waals surface area contributed by atoms with Crippen molar-refractivity contribution in [2.75, 3.05) is 5.32 Å². The quantitative estimate of drug-likeness (QED) is 0.945. The van der Waals surface area contributed by atoms with E-state index in [4.69, 9.17) is 0 Å². The minimum absolute atomic E-state index is 0.795. The average Bonchev–Trinajstić information content (AvgIpc) is 2.85. The molecule has 1 aromatic carbocycles. The Balaban J connectivity index is 1.76. The normalized spacial score (nSPS) is 13.4. The van der Waals surface area contributed by atoms with Crippen LogP contribution >= 0.6 is 15.9 Å². The summed E-state index contributed by atoms with van der Waals surface area (Å²) in [5, 5.41) is 3.42. The molecule has 0 saturated carbocycles. The van der Waals surface area contributed by atoms with Crippen molar-refractivity contribution in [2.45, 2.75) is 25.8 Å². The van der Waals surface area contributed by atoms with Gasteiger partial charge in [0.05, 0.1) is 0 Å². The molecule has 0 radical (unpaired) electrons. The van der Waals surface area contributed by atoms with Crippen molar-refractivity contribution in [3.8, 4) is 0 Å². The van der Waals surface area contributed by atoms with Crippen molar-refractivity contribution in [2.24, 2.45) is 0 Å². The lowest BCUT2D eigenvalue weighted by Crippen LogP contribution is -2.05. The molecule has 1 N–H and O–H groups in total. The van der Waals surface area contributed by atoms with E-state index in [0.29, 0.717) is 0 Å². The van der Waals surface area contributed by atoms with E-state index in [1.807, 2.05) is 12.1 Å². The highest BCUT2D eigenvalue weighted by Gasteiger charge is 2.16. The van der Waals surface area contributed by atoms with Crippen LogP contribution in [-0.2, 0) is 19.4 Å². The Morgan fingerprint density at radius 3 is 3.06 bits per heavy atom. The standard InChI is InChI=1S/C14H14BrN3/c15-11-4-1-3-10(7-11)8-16-14-12-5-2-6-13(12)17-9-18-14/h1,3-4,7,9H,2,5-6,8H2,(H,16,17,18). The maximum absolute atomic E-state index is 4.35. The Bertz CT molecular complexity index is 569. The summed E-state index contributed by atoms with van der Waals surface area (Å²) in [4.78, 5) is 8.68. The van der Waals surface area contributed by atoms with Crippen molar-refractivity contribution in [3.63, 3.8) is 0 Å². The summed E-state index contributed by atoms with van der Waals surface area (Å²) in [6.45, 7) is 0.795. The summed E-state index contributed by atoms with van der Waals surface area (Å²) in [6, 6.07) is 8.31. The van der Waals surface area contributed by atoms with Gasteiger partial charge in [0.1, 0.15) is 12.1 Å². The molecule has 0 unspecified atom stereocenters. The van der Waals surface area contributed by atoms with Gasteiger partial charge < -0.3 is 5.32 Å². The smallest absolute Gasteiger partial charge is 0.133 e. The summed E-state index contributed by atoms with van der Waals surface area (Å²) >= 11 is 3.48. The molecule has 0 spiro atoms. The number of hydrogen-bond acceptors (Lipinski definition) is 3. The Hall–Kier alpha value is -1.42. The van der Waals surface area contributed by atoms with E-state index in [2.05, 4.69) is 43.3 Å². The molecule has 18 heavy (non-hydrogen) atoms. The number of benzene rings is 1. The number of anilines is 1. The second-order valence-corrected chi connectivity index (χ2v) is 5.40. The number of aryl methyl sites for hydroxylation is 1. The fourth-order valence-electron chi connectivity index (χ4n) is 2.34. The van der Waals surface area contributed by atoms with Crippen molar-refractivity contribution >= 4 is 21.7 Å². The largest absolute Gasteiger partial charge is 0.366 e. The van der Waals surface area contributed by atoms with Gasteiger partial charge in [0.15, 0.2) is 0 Å². The zero-order valence-corrected chi connectivity index (χ0v) is 11.6. The molecule has 1 aliphatic rings. The number of halogens is 1. The van der Waals surface area contributed by atoms with E-state index in [-0.39, 0.29) is 0 Å². The number of nitrogens with zero attached hydrogens (tertiary/aromatic N) is 2. The van der Waals surface area contributed by atoms with E-state index in [0.717, 1.165) is 29.7 Å². The molecule has 0 atom stereocenters. The predicted molar refractivity (Wildman–Crippen MR) is 75.5 cm³/mol. The second kappa shape index (κ2) is 5.06. The van der Waals surface area contributed by atoms with Crippen molar-refractivity contribution < 1.29 is 0 Å². The number of rotatable bonds is 3. The van der Waals surface area contributed by atoms with Gasteiger partial charge in [-0.25, -0.2) is 9.97 Å². The van der Waals surface area contributed by atoms with Crippen LogP contribution in [0.4, 0.5) is 5.82 Å². The summed E-state index contributed by atoms with van der Waals surface area (Å²) in [5.41, 5.74) is 3.75. The molecule has 1 heterocycles. The monoisotopic (exact) mass is 303 g/mol. The van der Waals surface area contributed by atoms with Crippen LogP contribution in [0, 0.1) is 0 Å². The first-order chi connectivity index (χ1) is 8.83. The van der Waals surface area contributed by atoms with Gasteiger partial charge in [-0.1, -0.05) is 28.1 Å². The minimum atomic E-state index is 0.795. The first-order valence-corrected chi connectivity index (χ1v) is 6.93. The molecule has 1 aromatic heterocycles. The first-order valence-electron chi connectivity index (χ1n) is 6.14. The zero-order chi connectivity index (χ0) is 12.4. The van der Waals surface area contributed by atoms with Gasteiger partial charge in [-0.15, -0.1) is 0 Å². The average molecular weight is 304 g/mol. The molecule has 0 aliphatic heterocycles. The van der Waals surface area contributed by atoms with Crippen LogP contribution in [0.15, 0.2) is 35.1 Å². The summed E-state index contributed by atoms with van der Waals surface area (Å²) in [7, 11) is 0. The lowest BCUT2D eigenvalue weighted by atomic mass is 10.2. The molecule has 0 amide bonds. The van der Waals surface area contributed by atoms with Crippen LogP contribution in [0.5, 0.6) is 0 Å². The molecule has 4 heteroatoms. The van der Waals surface area contributed by atoms with E-state index in [1.165, 1.54) is 23.2 Å². The molecule has 0 saturated heterocycles. The van der Waals surface area contributed by atoms with Gasteiger partial charge in [-0.3, -0.25) is 0 Å².